The van der Waals surface area contributed by atoms with Crippen LogP contribution in [0.2, 0.25) is 0 Å². The molecule has 0 saturated carbocycles. The Morgan fingerprint density at radius 1 is 1.36 bits per heavy atom. The zero-order valence-electron chi connectivity index (χ0n) is 14.4. The van der Waals surface area contributed by atoms with Gasteiger partial charge in [0.05, 0.1) is 13.2 Å². The molecule has 7 nitrogen and oxygen atoms in total. The average Bonchev–Trinajstić information content (AvgIpc) is 3.13. The number of anilines is 2. The van der Waals surface area contributed by atoms with Gasteiger partial charge in [0.15, 0.2) is 0 Å². The number of hydrogen-bond donors (Lipinski definition) is 2. The number of aromatic nitrogens is 2. The lowest BCUT2D eigenvalue weighted by molar-refractivity contribution is 0.102. The lowest BCUT2D eigenvalue weighted by atomic mass is 10.2. The third-order valence-corrected chi connectivity index (χ3v) is 3.93. The molecule has 1 aliphatic rings. The van der Waals surface area contributed by atoms with Gasteiger partial charge in [-0.3, -0.25) is 4.79 Å². The maximum Gasteiger partial charge on any atom is 0.274 e. The minimum absolute atomic E-state index is 0.198. The molecular weight excluding hydrogens is 320 g/mol. The average molecular weight is 342 g/mol. The second kappa shape index (κ2) is 7.94. The largest absolute Gasteiger partial charge is 0.497 e. The molecule has 1 unspecified atom stereocenters. The highest BCUT2D eigenvalue weighted by Crippen LogP contribution is 2.18. The first kappa shape index (κ1) is 17.2. The van der Waals surface area contributed by atoms with Crippen LogP contribution in [0, 0.1) is 6.92 Å². The van der Waals surface area contributed by atoms with E-state index >= 15 is 0 Å². The zero-order valence-corrected chi connectivity index (χ0v) is 14.4. The van der Waals surface area contributed by atoms with Crippen LogP contribution in [-0.4, -0.2) is 42.2 Å². The first-order valence-corrected chi connectivity index (χ1v) is 8.30. The predicted molar refractivity (Wildman–Crippen MR) is 95.2 cm³/mol. The maximum atomic E-state index is 12.5. The molecule has 1 saturated heterocycles. The fraction of sp³-hybridized carbons (Fsp3) is 0.389. The van der Waals surface area contributed by atoms with E-state index in [0.717, 1.165) is 19.4 Å². The summed E-state index contributed by atoms with van der Waals surface area (Å²) >= 11 is 0. The Morgan fingerprint density at radius 3 is 3.00 bits per heavy atom. The molecule has 2 N–H and O–H groups in total. The van der Waals surface area contributed by atoms with Crippen molar-refractivity contribution in [3.05, 3.63) is 41.9 Å². The van der Waals surface area contributed by atoms with E-state index in [1.165, 1.54) is 0 Å². The smallest absolute Gasteiger partial charge is 0.274 e. The first-order chi connectivity index (χ1) is 12.1. The molecule has 2 heterocycles. The van der Waals surface area contributed by atoms with Crippen LogP contribution in [0.4, 0.5) is 11.5 Å². The van der Waals surface area contributed by atoms with Crippen molar-refractivity contribution in [3.63, 3.8) is 0 Å². The molecule has 0 radical (unpaired) electrons. The lowest BCUT2D eigenvalue weighted by Crippen LogP contribution is -2.20. The molecule has 1 atom stereocenters. The quantitative estimate of drug-likeness (QED) is 0.839. The third-order valence-electron chi connectivity index (χ3n) is 3.93. The molecule has 1 aromatic heterocycles. The molecule has 132 valence electrons. The van der Waals surface area contributed by atoms with Crippen LogP contribution in [0.15, 0.2) is 30.3 Å². The maximum absolute atomic E-state index is 12.5. The Bertz CT molecular complexity index is 745. The molecule has 0 bridgehead atoms. The molecule has 0 spiro atoms. The molecule has 0 aliphatic carbocycles. The van der Waals surface area contributed by atoms with Crippen LogP contribution in [-0.2, 0) is 4.74 Å². The van der Waals surface area contributed by atoms with Crippen molar-refractivity contribution in [1.82, 2.24) is 9.97 Å². The van der Waals surface area contributed by atoms with E-state index in [4.69, 9.17) is 9.47 Å². The highest BCUT2D eigenvalue weighted by molar-refractivity contribution is 6.03. The fourth-order valence-electron chi connectivity index (χ4n) is 2.69. The molecule has 2 aromatic rings. The van der Waals surface area contributed by atoms with E-state index in [1.54, 1.807) is 32.2 Å². The van der Waals surface area contributed by atoms with Gasteiger partial charge in [0.25, 0.3) is 5.91 Å². The predicted octanol–water partition coefficient (Wildman–Crippen LogP) is 2.64. The summed E-state index contributed by atoms with van der Waals surface area (Å²) in [5.74, 6) is 1.54. The number of hydrogen-bond acceptors (Lipinski definition) is 6. The third kappa shape index (κ3) is 4.67. The number of aryl methyl sites for hydroxylation is 1. The Labute approximate surface area is 146 Å². The zero-order chi connectivity index (χ0) is 17.6. The Kier molecular flexibility index (Phi) is 5.45. The molecule has 1 aliphatic heterocycles. The number of nitrogens with one attached hydrogen (secondary N) is 2. The summed E-state index contributed by atoms with van der Waals surface area (Å²) < 4.78 is 10.7. The molecule has 7 heteroatoms. The number of nitrogens with zero attached hydrogens (tertiary/aromatic N) is 2. The van der Waals surface area contributed by atoms with Gasteiger partial charge in [-0.05, 0) is 31.9 Å². The Balaban J connectivity index is 1.68. The number of ether oxygens (including phenoxy) is 2. The summed E-state index contributed by atoms with van der Waals surface area (Å²) in [5.41, 5.74) is 0.958. The van der Waals surface area contributed by atoms with E-state index in [0.29, 0.717) is 35.3 Å². The van der Waals surface area contributed by atoms with Gasteiger partial charge >= 0.3 is 0 Å². The summed E-state index contributed by atoms with van der Waals surface area (Å²) in [6.45, 7) is 3.25. The molecule has 3 rings (SSSR count). The van der Waals surface area contributed by atoms with Crippen molar-refractivity contribution >= 4 is 17.4 Å². The first-order valence-electron chi connectivity index (χ1n) is 8.30. The molecular formula is C18H22N4O3. The van der Waals surface area contributed by atoms with E-state index in [1.807, 2.05) is 12.1 Å². The minimum atomic E-state index is -0.293. The fourth-order valence-corrected chi connectivity index (χ4v) is 2.69. The number of carbonyl (C=O) groups is 1. The van der Waals surface area contributed by atoms with E-state index in [2.05, 4.69) is 20.6 Å². The standard InChI is InChI=1S/C18H22N4O3/c1-12-20-16(10-17(21-12)19-11-15-7-4-8-25-15)18(23)22-13-5-3-6-14(9-13)24-2/h3,5-6,9-10,15H,4,7-8,11H2,1-2H3,(H,22,23)(H,19,20,21). The summed E-state index contributed by atoms with van der Waals surface area (Å²) in [7, 11) is 1.58. The lowest BCUT2D eigenvalue weighted by Gasteiger charge is -2.12. The second-order valence-electron chi connectivity index (χ2n) is 5.89. The van der Waals surface area contributed by atoms with Crippen molar-refractivity contribution in [2.45, 2.75) is 25.9 Å². The number of carbonyl (C=O) groups excluding carboxylic acids is 1. The summed E-state index contributed by atoms with van der Waals surface area (Å²) in [6, 6.07) is 8.83. The van der Waals surface area contributed by atoms with Crippen LogP contribution in [0.25, 0.3) is 0 Å². The van der Waals surface area contributed by atoms with Gasteiger partial charge in [-0.15, -0.1) is 0 Å². The van der Waals surface area contributed by atoms with Gasteiger partial charge in [-0.1, -0.05) is 6.07 Å². The van der Waals surface area contributed by atoms with Crippen LogP contribution in [0.5, 0.6) is 5.75 Å². The van der Waals surface area contributed by atoms with Gasteiger partial charge in [-0.2, -0.15) is 0 Å². The monoisotopic (exact) mass is 342 g/mol. The van der Waals surface area contributed by atoms with Crippen LogP contribution >= 0.6 is 0 Å². The molecule has 1 amide bonds. The van der Waals surface area contributed by atoms with Crippen LogP contribution in [0.1, 0.15) is 29.2 Å². The van der Waals surface area contributed by atoms with Gasteiger partial charge in [0.1, 0.15) is 23.1 Å². The van der Waals surface area contributed by atoms with Gasteiger partial charge in [-0.25, -0.2) is 9.97 Å². The Hall–Kier alpha value is -2.67. The van der Waals surface area contributed by atoms with Gasteiger partial charge in [0.2, 0.25) is 0 Å². The van der Waals surface area contributed by atoms with Crippen molar-refractivity contribution in [2.75, 3.05) is 30.9 Å². The highest BCUT2D eigenvalue weighted by atomic mass is 16.5. The number of methoxy groups -OCH3 is 1. The summed E-state index contributed by atoms with van der Waals surface area (Å²) in [6.07, 6.45) is 2.33. The SMILES string of the molecule is COc1cccc(NC(=O)c2cc(NCC3CCCO3)nc(C)n2)c1. The van der Waals surface area contributed by atoms with Gasteiger partial charge in [0, 0.05) is 31.0 Å². The second-order valence-corrected chi connectivity index (χ2v) is 5.89. The Morgan fingerprint density at radius 2 is 2.24 bits per heavy atom. The molecule has 1 fully saturated rings. The summed E-state index contributed by atoms with van der Waals surface area (Å²) in [4.78, 5) is 21.0. The number of benzene rings is 1. The van der Waals surface area contributed by atoms with E-state index < -0.39 is 0 Å². The van der Waals surface area contributed by atoms with E-state index in [9.17, 15) is 4.79 Å². The van der Waals surface area contributed by atoms with Crippen molar-refractivity contribution in [2.24, 2.45) is 0 Å². The number of rotatable bonds is 6. The van der Waals surface area contributed by atoms with Crippen molar-refractivity contribution < 1.29 is 14.3 Å². The molecule has 25 heavy (non-hydrogen) atoms. The van der Waals surface area contributed by atoms with Gasteiger partial charge < -0.3 is 20.1 Å². The number of amides is 1. The topological polar surface area (TPSA) is 85.4 Å². The van der Waals surface area contributed by atoms with Crippen molar-refractivity contribution in [1.29, 1.82) is 0 Å². The van der Waals surface area contributed by atoms with Crippen molar-refractivity contribution in [3.8, 4) is 5.75 Å². The van der Waals surface area contributed by atoms with E-state index in [-0.39, 0.29) is 12.0 Å². The van der Waals surface area contributed by atoms with Crippen LogP contribution < -0.4 is 15.4 Å². The normalized spacial score (nSPS) is 16.5. The summed E-state index contributed by atoms with van der Waals surface area (Å²) in [5, 5.41) is 6.05. The highest BCUT2D eigenvalue weighted by Gasteiger charge is 2.16. The minimum Gasteiger partial charge on any atom is -0.497 e. The van der Waals surface area contributed by atoms with Crippen LogP contribution in [0.3, 0.4) is 0 Å². The molecule has 1 aromatic carbocycles.